The van der Waals surface area contributed by atoms with Crippen molar-refractivity contribution in [2.75, 3.05) is 7.11 Å². The van der Waals surface area contributed by atoms with E-state index in [4.69, 9.17) is 4.74 Å². The Bertz CT molecular complexity index is 261. The predicted octanol–water partition coefficient (Wildman–Crippen LogP) is 1.42. The molecule has 0 radical (unpaired) electrons. The normalized spacial score (nSPS) is 28.0. The van der Waals surface area contributed by atoms with Gasteiger partial charge in [-0.25, -0.2) is 0 Å². The van der Waals surface area contributed by atoms with Gasteiger partial charge >= 0.3 is 5.79 Å². The van der Waals surface area contributed by atoms with Crippen molar-refractivity contribution >= 4 is 0 Å². The van der Waals surface area contributed by atoms with E-state index in [1.54, 1.807) is 0 Å². The minimum atomic E-state index is -2.59. The molecular formula is C7H8FNO3. The molecule has 0 heterocycles. The lowest BCUT2D eigenvalue weighted by Gasteiger charge is -2.14. The Balaban J connectivity index is 2.91. The summed E-state index contributed by atoms with van der Waals surface area (Å²) in [4.78, 5) is 9.22. The molecule has 0 bridgehead atoms. The Morgan fingerprint density at radius 1 is 1.83 bits per heavy atom. The van der Waals surface area contributed by atoms with Crippen LogP contribution < -0.4 is 0 Å². The van der Waals surface area contributed by atoms with E-state index in [0.29, 0.717) is 6.42 Å². The lowest BCUT2D eigenvalue weighted by atomic mass is 10.1. The highest BCUT2D eigenvalue weighted by atomic mass is 19.1. The van der Waals surface area contributed by atoms with Gasteiger partial charge in [-0.1, -0.05) is 6.08 Å². The SMILES string of the molecule is COC1=CC(F)([N+](=O)[O-])C=CC1. The first-order valence-electron chi connectivity index (χ1n) is 3.35. The van der Waals surface area contributed by atoms with Gasteiger partial charge in [0.2, 0.25) is 0 Å². The maximum absolute atomic E-state index is 13.2. The van der Waals surface area contributed by atoms with Crippen LogP contribution in [0, 0.1) is 10.1 Å². The van der Waals surface area contributed by atoms with E-state index in [9.17, 15) is 14.5 Å². The average molecular weight is 173 g/mol. The first-order chi connectivity index (χ1) is 5.58. The van der Waals surface area contributed by atoms with Gasteiger partial charge in [-0.05, 0) is 0 Å². The molecule has 1 aliphatic carbocycles. The van der Waals surface area contributed by atoms with E-state index in [2.05, 4.69) is 0 Å². The number of nitro groups is 1. The molecule has 1 unspecified atom stereocenters. The minimum Gasteiger partial charge on any atom is -0.501 e. The molecule has 1 atom stereocenters. The molecular weight excluding hydrogens is 165 g/mol. The van der Waals surface area contributed by atoms with Gasteiger partial charge < -0.3 is 4.74 Å². The second kappa shape index (κ2) is 2.92. The summed E-state index contributed by atoms with van der Waals surface area (Å²) in [6, 6.07) is 0. The highest BCUT2D eigenvalue weighted by molar-refractivity contribution is 5.19. The number of allylic oxidation sites excluding steroid dienone is 1. The van der Waals surface area contributed by atoms with Gasteiger partial charge in [-0.15, -0.1) is 0 Å². The van der Waals surface area contributed by atoms with Gasteiger partial charge in [-0.3, -0.25) is 10.1 Å². The van der Waals surface area contributed by atoms with Crippen molar-refractivity contribution in [3.05, 3.63) is 34.1 Å². The zero-order valence-corrected chi connectivity index (χ0v) is 6.49. The Morgan fingerprint density at radius 3 is 3.00 bits per heavy atom. The zero-order valence-electron chi connectivity index (χ0n) is 6.49. The maximum Gasteiger partial charge on any atom is 0.401 e. The lowest BCUT2D eigenvalue weighted by Crippen LogP contribution is -2.30. The van der Waals surface area contributed by atoms with Crippen LogP contribution in [0.1, 0.15) is 6.42 Å². The minimum absolute atomic E-state index is 0.275. The van der Waals surface area contributed by atoms with Crippen LogP contribution in [0.5, 0.6) is 0 Å². The van der Waals surface area contributed by atoms with Crippen molar-refractivity contribution < 1.29 is 14.1 Å². The first-order valence-corrected chi connectivity index (χ1v) is 3.35. The van der Waals surface area contributed by atoms with Gasteiger partial charge in [0, 0.05) is 12.5 Å². The van der Waals surface area contributed by atoms with Gasteiger partial charge in [0.1, 0.15) is 5.76 Å². The van der Waals surface area contributed by atoms with Crippen molar-refractivity contribution in [3.63, 3.8) is 0 Å². The van der Waals surface area contributed by atoms with Crippen LogP contribution in [-0.2, 0) is 4.74 Å². The third-order valence-corrected chi connectivity index (χ3v) is 1.58. The third-order valence-electron chi connectivity index (χ3n) is 1.58. The summed E-state index contributed by atoms with van der Waals surface area (Å²) >= 11 is 0. The second-order valence-electron chi connectivity index (χ2n) is 2.41. The van der Waals surface area contributed by atoms with Crippen molar-refractivity contribution in [1.29, 1.82) is 0 Å². The van der Waals surface area contributed by atoms with Gasteiger partial charge in [-0.2, -0.15) is 4.39 Å². The summed E-state index contributed by atoms with van der Waals surface area (Å²) < 4.78 is 17.9. The molecule has 0 saturated carbocycles. The lowest BCUT2D eigenvalue weighted by molar-refractivity contribution is -0.574. The van der Waals surface area contributed by atoms with Crippen LogP contribution >= 0.6 is 0 Å². The standard InChI is InChI=1S/C7H8FNO3/c1-12-6-3-2-4-7(8,5-6)9(10)11/h2,4-5H,3H2,1H3. The fourth-order valence-electron chi connectivity index (χ4n) is 0.929. The fourth-order valence-corrected chi connectivity index (χ4v) is 0.929. The largest absolute Gasteiger partial charge is 0.501 e. The van der Waals surface area contributed by atoms with Crippen LogP contribution in [0.15, 0.2) is 24.0 Å². The quantitative estimate of drug-likeness (QED) is 0.274. The van der Waals surface area contributed by atoms with E-state index in [-0.39, 0.29) is 5.76 Å². The van der Waals surface area contributed by atoms with Gasteiger partial charge in [0.15, 0.2) is 0 Å². The van der Waals surface area contributed by atoms with Crippen LogP contribution in [0.4, 0.5) is 4.39 Å². The molecule has 0 N–H and O–H groups in total. The highest BCUT2D eigenvalue weighted by Gasteiger charge is 2.39. The zero-order chi connectivity index (χ0) is 9.19. The number of rotatable bonds is 2. The number of hydrogen-bond donors (Lipinski definition) is 0. The summed E-state index contributed by atoms with van der Waals surface area (Å²) in [6.07, 6.45) is 3.56. The summed E-state index contributed by atoms with van der Waals surface area (Å²) in [5.74, 6) is -2.32. The number of nitrogens with zero attached hydrogens (tertiary/aromatic N) is 1. The van der Waals surface area contributed by atoms with Crippen molar-refractivity contribution in [2.24, 2.45) is 0 Å². The highest BCUT2D eigenvalue weighted by Crippen LogP contribution is 2.24. The average Bonchev–Trinajstić information content (AvgIpc) is 2.04. The molecule has 0 amide bonds. The first kappa shape index (κ1) is 8.70. The smallest absolute Gasteiger partial charge is 0.401 e. The molecule has 0 spiro atoms. The monoisotopic (exact) mass is 173 g/mol. The number of alkyl halides is 1. The second-order valence-corrected chi connectivity index (χ2v) is 2.41. The van der Waals surface area contributed by atoms with Crippen LogP contribution in [-0.4, -0.2) is 17.8 Å². The van der Waals surface area contributed by atoms with E-state index >= 15 is 0 Å². The van der Waals surface area contributed by atoms with E-state index in [1.165, 1.54) is 13.2 Å². The molecule has 1 aliphatic rings. The number of ether oxygens (including phenoxy) is 1. The summed E-state index contributed by atoms with van der Waals surface area (Å²) in [5, 5.41) is 10.2. The van der Waals surface area contributed by atoms with Crippen molar-refractivity contribution in [2.45, 2.75) is 12.2 Å². The molecule has 0 aliphatic heterocycles. The summed E-state index contributed by atoms with van der Waals surface area (Å²) in [7, 11) is 1.35. The van der Waals surface area contributed by atoms with E-state index < -0.39 is 10.7 Å². The van der Waals surface area contributed by atoms with E-state index in [0.717, 1.165) is 12.2 Å². The Labute approximate surface area is 68.5 Å². The van der Waals surface area contributed by atoms with Gasteiger partial charge in [0.25, 0.3) is 0 Å². The molecule has 0 aromatic heterocycles. The van der Waals surface area contributed by atoms with Crippen molar-refractivity contribution in [3.8, 4) is 0 Å². The predicted molar refractivity (Wildman–Crippen MR) is 39.7 cm³/mol. The van der Waals surface area contributed by atoms with Crippen LogP contribution in [0.25, 0.3) is 0 Å². The summed E-state index contributed by atoms with van der Waals surface area (Å²) in [6.45, 7) is 0. The number of halogens is 1. The van der Waals surface area contributed by atoms with Crippen LogP contribution in [0.2, 0.25) is 0 Å². The molecule has 0 aromatic carbocycles. The third kappa shape index (κ3) is 1.44. The molecule has 12 heavy (non-hydrogen) atoms. The maximum atomic E-state index is 13.2. The topological polar surface area (TPSA) is 52.4 Å². The Morgan fingerprint density at radius 2 is 2.50 bits per heavy atom. The van der Waals surface area contributed by atoms with Crippen LogP contribution in [0.3, 0.4) is 0 Å². The molecule has 4 nitrogen and oxygen atoms in total. The molecule has 5 heteroatoms. The summed E-state index contributed by atoms with van der Waals surface area (Å²) in [5.41, 5.74) is 0. The molecule has 1 rings (SSSR count). The molecule has 66 valence electrons. The van der Waals surface area contributed by atoms with Gasteiger partial charge in [0.05, 0.1) is 18.1 Å². The molecule has 0 aromatic rings. The molecule has 0 fully saturated rings. The number of methoxy groups -OCH3 is 1. The Kier molecular flexibility index (Phi) is 2.12. The van der Waals surface area contributed by atoms with E-state index in [1.807, 2.05) is 0 Å². The Hall–Kier alpha value is -1.39. The number of hydrogen-bond acceptors (Lipinski definition) is 3. The van der Waals surface area contributed by atoms with Crippen molar-refractivity contribution in [1.82, 2.24) is 0 Å². The molecule has 0 saturated heterocycles. The fraction of sp³-hybridized carbons (Fsp3) is 0.429.